The van der Waals surface area contributed by atoms with Crippen molar-refractivity contribution < 1.29 is 4.42 Å². The molecule has 67 heavy (non-hydrogen) atoms. The molecule has 6 heteroatoms. The minimum absolute atomic E-state index is 0.589. The number of furan rings is 1. The molecule has 1 aliphatic rings. The van der Waals surface area contributed by atoms with Crippen molar-refractivity contribution in [3.63, 3.8) is 0 Å². The van der Waals surface area contributed by atoms with Crippen molar-refractivity contribution in [3.8, 4) is 90.1 Å². The number of rotatable bonds is 9. The van der Waals surface area contributed by atoms with E-state index in [-0.39, 0.29) is 0 Å². The van der Waals surface area contributed by atoms with Gasteiger partial charge in [-0.15, -0.1) is 0 Å². The van der Waals surface area contributed by atoms with Crippen LogP contribution in [0.4, 0.5) is 0 Å². The molecule has 3 heterocycles. The summed E-state index contributed by atoms with van der Waals surface area (Å²) >= 11 is 0. The molecule has 316 valence electrons. The number of benzene rings is 8. The maximum absolute atomic E-state index is 6.51. The number of aromatic nitrogens is 5. The fourth-order valence-corrected chi connectivity index (χ4v) is 9.08. The van der Waals surface area contributed by atoms with Gasteiger partial charge in [0.2, 0.25) is 0 Å². The fraction of sp³-hybridized carbons (Fsp3) is 0.0328. The lowest BCUT2D eigenvalue weighted by Gasteiger charge is -2.14. The van der Waals surface area contributed by atoms with Crippen molar-refractivity contribution in [1.29, 1.82) is 0 Å². The van der Waals surface area contributed by atoms with E-state index >= 15 is 0 Å². The lowest BCUT2D eigenvalue weighted by molar-refractivity contribution is 0.590. The zero-order chi connectivity index (χ0) is 44.5. The summed E-state index contributed by atoms with van der Waals surface area (Å²) in [6.45, 7) is 0. The van der Waals surface area contributed by atoms with E-state index < -0.39 is 0 Å². The minimum atomic E-state index is 0.589. The Morgan fingerprint density at radius 3 is 1.37 bits per heavy atom. The first-order valence-electron chi connectivity index (χ1n) is 22.6. The Bertz CT molecular complexity index is 3560. The zero-order valence-electron chi connectivity index (χ0n) is 36.4. The molecule has 0 saturated heterocycles. The Labute approximate surface area is 388 Å². The van der Waals surface area contributed by atoms with Crippen molar-refractivity contribution in [1.82, 2.24) is 24.9 Å². The van der Waals surface area contributed by atoms with Gasteiger partial charge in [0, 0.05) is 38.8 Å². The molecule has 0 aliphatic heterocycles. The highest BCUT2D eigenvalue weighted by atomic mass is 16.3. The van der Waals surface area contributed by atoms with Crippen molar-refractivity contribution in [2.75, 3.05) is 0 Å². The van der Waals surface area contributed by atoms with Crippen LogP contribution in [0.1, 0.15) is 23.6 Å². The molecule has 0 unspecified atom stereocenters. The van der Waals surface area contributed by atoms with E-state index in [1.807, 2.05) is 60.7 Å². The van der Waals surface area contributed by atoms with Gasteiger partial charge in [0.1, 0.15) is 11.3 Å². The van der Waals surface area contributed by atoms with Gasteiger partial charge >= 0.3 is 0 Å². The van der Waals surface area contributed by atoms with Crippen molar-refractivity contribution in [3.05, 3.63) is 242 Å². The zero-order valence-corrected chi connectivity index (χ0v) is 36.4. The standard InChI is InChI=1S/C61H41N5O/c1-5-18-40(19-6-1)48-36-49(41-20-7-2-8-21-41)38-50(37-48)55-39-54(62-58(63-55)42-22-9-3-10-23-42)46-28-15-26-44(34-46)45-27-16-29-47(35-45)60-64-59(43-24-11-4-12-25-43)65-61(66-60)53-32-17-31-52-51-30-13-14-33-56(51)67-57(52)53/h1-16,18-30,32-39H,17,31H2. The molecular weight excluding hydrogens is 819 g/mol. The molecule has 0 saturated carbocycles. The van der Waals surface area contributed by atoms with E-state index in [0.29, 0.717) is 23.3 Å². The minimum Gasteiger partial charge on any atom is -0.456 e. The number of para-hydroxylation sites is 1. The fourth-order valence-electron chi connectivity index (χ4n) is 9.08. The molecule has 0 atom stereocenters. The third kappa shape index (κ3) is 7.91. The average molecular weight is 860 g/mol. The number of nitrogens with zero attached hydrogens (tertiary/aromatic N) is 5. The number of allylic oxidation sites excluding steroid dienone is 1. The first-order valence-corrected chi connectivity index (χ1v) is 22.6. The molecule has 1 aliphatic carbocycles. The summed E-state index contributed by atoms with van der Waals surface area (Å²) in [4.78, 5) is 25.8. The van der Waals surface area contributed by atoms with E-state index in [1.54, 1.807) is 0 Å². The highest BCUT2D eigenvalue weighted by molar-refractivity contribution is 5.91. The van der Waals surface area contributed by atoms with Crippen LogP contribution in [0.25, 0.3) is 107 Å². The van der Waals surface area contributed by atoms with Crippen LogP contribution < -0.4 is 0 Å². The van der Waals surface area contributed by atoms with Crippen LogP contribution in [0.2, 0.25) is 0 Å². The van der Waals surface area contributed by atoms with Crippen LogP contribution >= 0.6 is 0 Å². The van der Waals surface area contributed by atoms with E-state index in [4.69, 9.17) is 29.3 Å². The molecule has 6 nitrogen and oxygen atoms in total. The van der Waals surface area contributed by atoms with Gasteiger partial charge in [-0.2, -0.15) is 0 Å². The third-order valence-electron chi connectivity index (χ3n) is 12.4. The van der Waals surface area contributed by atoms with Crippen LogP contribution in [0.3, 0.4) is 0 Å². The first kappa shape index (κ1) is 39.7. The maximum atomic E-state index is 6.51. The van der Waals surface area contributed by atoms with Crippen LogP contribution in [0, 0.1) is 0 Å². The second-order valence-corrected chi connectivity index (χ2v) is 16.8. The predicted molar refractivity (Wildman–Crippen MR) is 271 cm³/mol. The SMILES string of the molecule is C1=C(c2nc(-c3ccccc3)nc(-c3cccc(-c4cccc(-c5cc(-c6cc(-c7ccccc7)cc(-c7ccccc7)c6)nc(-c6ccccc6)n5)c4)c3)n2)c2oc3ccccc3c2CC1. The van der Waals surface area contributed by atoms with Crippen LogP contribution in [0.5, 0.6) is 0 Å². The van der Waals surface area contributed by atoms with Gasteiger partial charge in [0.05, 0.1) is 17.0 Å². The summed E-state index contributed by atoms with van der Waals surface area (Å²) in [6, 6.07) is 75.5. The highest BCUT2D eigenvalue weighted by Crippen LogP contribution is 2.39. The van der Waals surface area contributed by atoms with Crippen LogP contribution in [-0.4, -0.2) is 24.9 Å². The molecule has 0 bridgehead atoms. The Balaban J connectivity index is 0.956. The van der Waals surface area contributed by atoms with Gasteiger partial charge < -0.3 is 4.42 Å². The molecule has 3 aromatic heterocycles. The van der Waals surface area contributed by atoms with Gasteiger partial charge in [0.15, 0.2) is 23.3 Å². The molecule has 0 fully saturated rings. The summed E-state index contributed by atoms with van der Waals surface area (Å²) in [5, 5.41) is 1.14. The second kappa shape index (κ2) is 17.3. The van der Waals surface area contributed by atoms with Crippen molar-refractivity contribution in [2.24, 2.45) is 0 Å². The molecule has 11 aromatic rings. The molecule has 8 aromatic carbocycles. The van der Waals surface area contributed by atoms with E-state index in [9.17, 15) is 0 Å². The second-order valence-electron chi connectivity index (χ2n) is 16.8. The number of hydrogen-bond acceptors (Lipinski definition) is 6. The normalized spacial score (nSPS) is 12.1. The lowest BCUT2D eigenvalue weighted by atomic mass is 9.94. The largest absolute Gasteiger partial charge is 0.456 e. The molecule has 0 N–H and O–H groups in total. The third-order valence-corrected chi connectivity index (χ3v) is 12.4. The predicted octanol–water partition coefficient (Wildman–Crippen LogP) is 15.1. The number of hydrogen-bond donors (Lipinski definition) is 0. The van der Waals surface area contributed by atoms with Crippen LogP contribution in [0.15, 0.2) is 229 Å². The Hall–Kier alpha value is -8.87. The molecular formula is C61H41N5O. The summed E-state index contributed by atoms with van der Waals surface area (Å²) in [5.41, 5.74) is 16.0. The first-order chi connectivity index (χ1) is 33.2. The smallest absolute Gasteiger partial charge is 0.167 e. The molecule has 0 amide bonds. The van der Waals surface area contributed by atoms with E-state index in [0.717, 1.165) is 108 Å². The van der Waals surface area contributed by atoms with Crippen LogP contribution in [-0.2, 0) is 6.42 Å². The van der Waals surface area contributed by atoms with Gasteiger partial charge in [-0.1, -0.05) is 182 Å². The number of fused-ring (bicyclic) bond motifs is 3. The average Bonchev–Trinajstić information content (AvgIpc) is 3.81. The lowest BCUT2D eigenvalue weighted by Crippen LogP contribution is -2.06. The molecule has 0 radical (unpaired) electrons. The van der Waals surface area contributed by atoms with E-state index in [1.165, 1.54) is 5.56 Å². The summed E-state index contributed by atoms with van der Waals surface area (Å²) < 4.78 is 6.51. The molecule has 0 spiro atoms. The Morgan fingerprint density at radius 1 is 0.313 bits per heavy atom. The van der Waals surface area contributed by atoms with E-state index in [2.05, 4.69) is 164 Å². The van der Waals surface area contributed by atoms with Crippen molar-refractivity contribution in [2.45, 2.75) is 12.8 Å². The maximum Gasteiger partial charge on any atom is 0.167 e. The van der Waals surface area contributed by atoms with Crippen molar-refractivity contribution >= 4 is 16.5 Å². The summed E-state index contributed by atoms with van der Waals surface area (Å²) in [7, 11) is 0. The van der Waals surface area contributed by atoms with Gasteiger partial charge in [-0.25, -0.2) is 24.9 Å². The molecule has 12 rings (SSSR count). The summed E-state index contributed by atoms with van der Waals surface area (Å²) in [5.74, 6) is 3.28. The Morgan fingerprint density at radius 2 is 0.746 bits per heavy atom. The quantitative estimate of drug-likeness (QED) is 0.144. The monoisotopic (exact) mass is 859 g/mol. The Kier molecular flexibility index (Phi) is 10.2. The number of aryl methyl sites for hydroxylation is 1. The topological polar surface area (TPSA) is 77.6 Å². The van der Waals surface area contributed by atoms with Gasteiger partial charge in [-0.3, -0.25) is 0 Å². The highest BCUT2D eigenvalue weighted by Gasteiger charge is 2.25. The van der Waals surface area contributed by atoms with Gasteiger partial charge in [0.25, 0.3) is 0 Å². The van der Waals surface area contributed by atoms with Gasteiger partial charge in [-0.05, 0) is 88.7 Å². The summed E-state index contributed by atoms with van der Waals surface area (Å²) in [6.07, 6.45) is 3.97.